The fourth-order valence-electron chi connectivity index (χ4n) is 3.09. The van der Waals surface area contributed by atoms with E-state index in [0.29, 0.717) is 17.9 Å². The van der Waals surface area contributed by atoms with Gasteiger partial charge in [-0.25, -0.2) is 9.37 Å². The van der Waals surface area contributed by atoms with E-state index in [2.05, 4.69) is 20.6 Å². The van der Waals surface area contributed by atoms with E-state index in [4.69, 9.17) is 16.2 Å². The third-order valence-electron chi connectivity index (χ3n) is 4.79. The van der Waals surface area contributed by atoms with Crippen molar-refractivity contribution in [1.29, 1.82) is 0 Å². The molecule has 0 saturated heterocycles. The van der Waals surface area contributed by atoms with Crippen LogP contribution in [-0.2, 0) is 0 Å². The Hall–Kier alpha value is -3.46. The molecule has 0 saturated carbocycles. The van der Waals surface area contributed by atoms with Gasteiger partial charge in [0.05, 0.1) is 30.1 Å². The lowest BCUT2D eigenvalue weighted by molar-refractivity contribution is 0.100. The highest BCUT2D eigenvalue weighted by Crippen LogP contribution is 2.27. The minimum Gasteiger partial charge on any atom is -0.497 e. The third-order valence-corrected chi connectivity index (χ3v) is 4.79. The highest BCUT2D eigenvalue weighted by atomic mass is 19.1. The van der Waals surface area contributed by atoms with Crippen molar-refractivity contribution >= 4 is 34.1 Å². The molecule has 0 unspecified atom stereocenters. The molecular formula is C21H25FN6O2. The van der Waals surface area contributed by atoms with Gasteiger partial charge in [0.15, 0.2) is 11.6 Å². The number of amides is 1. The molecule has 2 heterocycles. The third kappa shape index (κ3) is 4.57. The number of nitrogens with two attached hydrogens (primary N) is 2. The SMILES string of the molecule is CC[C@@H](Nc1nc(Nc2cnc3cc(OC)ccc3c2)c(C(N)=O)cc1F)[C@H](C)N. The van der Waals surface area contributed by atoms with E-state index < -0.39 is 11.7 Å². The van der Waals surface area contributed by atoms with Crippen LogP contribution in [0.2, 0.25) is 0 Å². The van der Waals surface area contributed by atoms with Gasteiger partial charge in [-0.05, 0) is 37.6 Å². The van der Waals surface area contributed by atoms with E-state index in [1.165, 1.54) is 0 Å². The topological polar surface area (TPSA) is 128 Å². The molecule has 3 rings (SSSR count). The Balaban J connectivity index is 1.98. The zero-order valence-corrected chi connectivity index (χ0v) is 17.1. The fourth-order valence-corrected chi connectivity index (χ4v) is 3.09. The zero-order valence-electron chi connectivity index (χ0n) is 17.1. The van der Waals surface area contributed by atoms with E-state index in [9.17, 15) is 9.18 Å². The van der Waals surface area contributed by atoms with Crippen molar-refractivity contribution in [1.82, 2.24) is 9.97 Å². The van der Waals surface area contributed by atoms with Gasteiger partial charge >= 0.3 is 0 Å². The number of hydrogen-bond donors (Lipinski definition) is 4. The van der Waals surface area contributed by atoms with Crippen molar-refractivity contribution in [2.75, 3.05) is 17.7 Å². The maximum absolute atomic E-state index is 14.5. The molecule has 0 bridgehead atoms. The largest absolute Gasteiger partial charge is 0.497 e. The Morgan fingerprint density at radius 2 is 2.03 bits per heavy atom. The zero-order chi connectivity index (χ0) is 21.8. The molecule has 0 fully saturated rings. The monoisotopic (exact) mass is 412 g/mol. The first-order valence-corrected chi connectivity index (χ1v) is 9.55. The molecule has 6 N–H and O–H groups in total. The number of carbonyl (C=O) groups is 1. The summed E-state index contributed by atoms with van der Waals surface area (Å²) in [4.78, 5) is 20.5. The molecule has 0 aliphatic heterocycles. The van der Waals surface area contributed by atoms with Crippen LogP contribution in [-0.4, -0.2) is 35.1 Å². The van der Waals surface area contributed by atoms with Crippen molar-refractivity contribution in [3.8, 4) is 5.75 Å². The Kier molecular flexibility index (Phi) is 6.31. The molecule has 1 amide bonds. The molecule has 2 atom stereocenters. The summed E-state index contributed by atoms with van der Waals surface area (Å²) in [5, 5.41) is 6.87. The molecule has 3 aromatic rings. The maximum Gasteiger partial charge on any atom is 0.252 e. The number of fused-ring (bicyclic) bond motifs is 1. The molecule has 8 nitrogen and oxygen atoms in total. The van der Waals surface area contributed by atoms with Crippen LogP contribution in [0.1, 0.15) is 30.6 Å². The van der Waals surface area contributed by atoms with Crippen molar-refractivity contribution in [2.24, 2.45) is 11.5 Å². The highest BCUT2D eigenvalue weighted by Gasteiger charge is 2.19. The molecule has 158 valence electrons. The number of methoxy groups -OCH3 is 1. The second-order valence-corrected chi connectivity index (χ2v) is 7.01. The first kappa shape index (κ1) is 21.3. The highest BCUT2D eigenvalue weighted by molar-refractivity contribution is 5.99. The van der Waals surface area contributed by atoms with Crippen LogP contribution in [0.4, 0.5) is 21.7 Å². The van der Waals surface area contributed by atoms with Crippen molar-refractivity contribution in [2.45, 2.75) is 32.4 Å². The normalized spacial score (nSPS) is 13.0. The molecule has 1 aromatic carbocycles. The van der Waals surface area contributed by atoms with Crippen LogP contribution >= 0.6 is 0 Å². The predicted molar refractivity (Wildman–Crippen MR) is 116 cm³/mol. The summed E-state index contributed by atoms with van der Waals surface area (Å²) in [5.74, 6) is -0.668. The molecular weight excluding hydrogens is 387 g/mol. The summed E-state index contributed by atoms with van der Waals surface area (Å²) in [6.45, 7) is 3.76. The molecule has 2 aromatic heterocycles. The van der Waals surface area contributed by atoms with Gasteiger partial charge in [0.1, 0.15) is 11.6 Å². The average Bonchev–Trinajstić information content (AvgIpc) is 2.72. The van der Waals surface area contributed by atoms with Gasteiger partial charge in [0, 0.05) is 23.5 Å². The lowest BCUT2D eigenvalue weighted by Gasteiger charge is -2.22. The van der Waals surface area contributed by atoms with E-state index >= 15 is 0 Å². The van der Waals surface area contributed by atoms with Gasteiger partial charge in [-0.15, -0.1) is 0 Å². The Labute approximate surface area is 173 Å². The molecule has 9 heteroatoms. The van der Waals surface area contributed by atoms with Gasteiger partial charge in [0.2, 0.25) is 0 Å². The number of carbonyl (C=O) groups excluding carboxylic acids is 1. The number of halogens is 1. The van der Waals surface area contributed by atoms with E-state index in [0.717, 1.165) is 17.0 Å². The summed E-state index contributed by atoms with van der Waals surface area (Å²) in [5.41, 5.74) is 12.6. The summed E-state index contributed by atoms with van der Waals surface area (Å²) < 4.78 is 19.7. The molecule has 0 aliphatic carbocycles. The standard InChI is InChI=1S/C21H25FN6O2/c1-4-17(11(2)23)27-21-16(22)9-15(19(24)29)20(28-21)26-13-7-12-5-6-14(30-3)8-18(12)25-10-13/h5-11,17H,4,23H2,1-3H3,(H2,24,29)(H2,26,27,28)/t11-,17+/m0/s1. The molecule has 0 spiro atoms. The minimum absolute atomic E-state index is 0.00913. The number of anilines is 3. The number of nitrogens with one attached hydrogen (secondary N) is 2. The lowest BCUT2D eigenvalue weighted by Crippen LogP contribution is -2.38. The van der Waals surface area contributed by atoms with Crippen LogP contribution in [0.15, 0.2) is 36.5 Å². The maximum atomic E-state index is 14.5. The molecule has 30 heavy (non-hydrogen) atoms. The minimum atomic E-state index is -0.798. The van der Waals surface area contributed by atoms with Gasteiger partial charge in [-0.1, -0.05) is 6.92 Å². The first-order valence-electron chi connectivity index (χ1n) is 9.55. The second-order valence-electron chi connectivity index (χ2n) is 7.01. The molecule has 0 aliphatic rings. The Morgan fingerprint density at radius 1 is 1.27 bits per heavy atom. The van der Waals surface area contributed by atoms with Crippen molar-refractivity contribution < 1.29 is 13.9 Å². The van der Waals surface area contributed by atoms with E-state index in [1.807, 2.05) is 38.1 Å². The van der Waals surface area contributed by atoms with E-state index in [1.54, 1.807) is 13.3 Å². The fraction of sp³-hybridized carbons (Fsp3) is 0.286. The number of rotatable bonds is 8. The van der Waals surface area contributed by atoms with Gasteiger partial charge < -0.3 is 26.8 Å². The van der Waals surface area contributed by atoms with Crippen molar-refractivity contribution in [3.63, 3.8) is 0 Å². The summed E-state index contributed by atoms with van der Waals surface area (Å²) >= 11 is 0. The van der Waals surface area contributed by atoms with Gasteiger partial charge in [-0.3, -0.25) is 9.78 Å². The lowest BCUT2D eigenvalue weighted by atomic mass is 10.1. The van der Waals surface area contributed by atoms with Crippen LogP contribution in [0.3, 0.4) is 0 Å². The number of pyridine rings is 2. The Morgan fingerprint density at radius 3 is 2.67 bits per heavy atom. The second kappa shape index (κ2) is 8.91. The summed E-state index contributed by atoms with van der Waals surface area (Å²) in [6.07, 6.45) is 2.26. The predicted octanol–water partition coefficient (Wildman–Crippen LogP) is 3.16. The number of hydrogen-bond acceptors (Lipinski definition) is 7. The number of aromatic nitrogens is 2. The van der Waals surface area contributed by atoms with Gasteiger partial charge in [-0.2, -0.15) is 0 Å². The number of benzene rings is 1. The van der Waals surface area contributed by atoms with Crippen LogP contribution in [0.5, 0.6) is 5.75 Å². The van der Waals surface area contributed by atoms with Gasteiger partial charge in [0.25, 0.3) is 5.91 Å². The van der Waals surface area contributed by atoms with E-state index in [-0.39, 0.29) is 29.3 Å². The molecule has 0 radical (unpaired) electrons. The number of primary amides is 1. The quantitative estimate of drug-likeness (QED) is 0.447. The average molecular weight is 412 g/mol. The van der Waals surface area contributed by atoms with Crippen LogP contribution in [0.25, 0.3) is 10.9 Å². The van der Waals surface area contributed by atoms with Crippen LogP contribution < -0.4 is 26.8 Å². The number of ether oxygens (including phenoxy) is 1. The summed E-state index contributed by atoms with van der Waals surface area (Å²) in [6, 6.07) is 7.99. The number of nitrogens with zero attached hydrogens (tertiary/aromatic N) is 2. The smallest absolute Gasteiger partial charge is 0.252 e. The van der Waals surface area contributed by atoms with Crippen LogP contribution in [0, 0.1) is 5.82 Å². The Bertz CT molecular complexity index is 1070. The van der Waals surface area contributed by atoms with Crippen molar-refractivity contribution in [3.05, 3.63) is 47.9 Å². The summed E-state index contributed by atoms with van der Waals surface area (Å²) in [7, 11) is 1.59. The first-order chi connectivity index (χ1) is 14.3.